The minimum Gasteiger partial charge on any atom is -0.497 e. The summed E-state index contributed by atoms with van der Waals surface area (Å²) in [6, 6.07) is 20.1. The molecule has 1 fully saturated rings. The van der Waals surface area contributed by atoms with Crippen molar-refractivity contribution in [2.45, 2.75) is 19.3 Å². The molecule has 0 unspecified atom stereocenters. The fraction of sp³-hybridized carbons (Fsp3) is 0.280. The molecule has 5 nitrogen and oxygen atoms in total. The van der Waals surface area contributed by atoms with Crippen LogP contribution in [0.1, 0.15) is 18.5 Å². The Morgan fingerprint density at radius 1 is 0.933 bits per heavy atom. The fourth-order valence-corrected chi connectivity index (χ4v) is 3.87. The molecule has 0 spiro atoms. The average Bonchev–Trinajstić information content (AvgIpc) is 3.22. The second kappa shape index (κ2) is 8.99. The highest BCUT2D eigenvalue weighted by Gasteiger charge is 2.20. The number of ether oxygens (including phenoxy) is 2. The summed E-state index contributed by atoms with van der Waals surface area (Å²) in [5.74, 6) is 1.85. The molecule has 0 bridgehead atoms. The van der Waals surface area contributed by atoms with Crippen LogP contribution >= 0.6 is 0 Å². The van der Waals surface area contributed by atoms with Crippen LogP contribution in [-0.4, -0.2) is 43.1 Å². The van der Waals surface area contributed by atoms with Gasteiger partial charge >= 0.3 is 0 Å². The standard InChI is InChI=1S/C25H26N2O3/c1-29-20-8-3-6-18(16-20)22-11-12-23(19-7-4-9-21(17-19)30-2)26-24(22)13-15-27-14-5-10-25(27)28/h3-4,6-9,11-12,16-17H,5,10,13-15H2,1-2H3. The maximum atomic E-state index is 12.1. The number of carbonyl (C=O) groups is 1. The topological polar surface area (TPSA) is 51.7 Å². The van der Waals surface area contributed by atoms with E-state index in [0.29, 0.717) is 19.4 Å². The first-order valence-electron chi connectivity index (χ1n) is 10.2. The summed E-state index contributed by atoms with van der Waals surface area (Å²) in [5, 5.41) is 0. The molecule has 1 amide bonds. The molecule has 0 saturated carbocycles. The number of benzene rings is 2. The van der Waals surface area contributed by atoms with Gasteiger partial charge in [-0.2, -0.15) is 0 Å². The minimum absolute atomic E-state index is 0.238. The Morgan fingerprint density at radius 2 is 1.63 bits per heavy atom. The summed E-state index contributed by atoms with van der Waals surface area (Å²) in [6.07, 6.45) is 2.30. The first-order chi connectivity index (χ1) is 14.7. The van der Waals surface area contributed by atoms with Crippen molar-refractivity contribution >= 4 is 5.91 Å². The number of likely N-dealkylation sites (tertiary alicyclic amines) is 1. The average molecular weight is 402 g/mol. The van der Waals surface area contributed by atoms with E-state index >= 15 is 0 Å². The lowest BCUT2D eigenvalue weighted by Gasteiger charge is -2.17. The van der Waals surface area contributed by atoms with Crippen molar-refractivity contribution in [1.29, 1.82) is 0 Å². The number of methoxy groups -OCH3 is 2. The summed E-state index contributed by atoms with van der Waals surface area (Å²) >= 11 is 0. The van der Waals surface area contributed by atoms with Crippen molar-refractivity contribution < 1.29 is 14.3 Å². The van der Waals surface area contributed by atoms with Crippen molar-refractivity contribution in [2.75, 3.05) is 27.3 Å². The molecule has 0 radical (unpaired) electrons. The number of aromatic nitrogens is 1. The molecule has 0 aliphatic carbocycles. The number of pyridine rings is 1. The number of carbonyl (C=O) groups excluding carboxylic acids is 1. The number of hydrogen-bond donors (Lipinski definition) is 0. The molecular weight excluding hydrogens is 376 g/mol. The maximum absolute atomic E-state index is 12.1. The van der Waals surface area contributed by atoms with Gasteiger partial charge in [0.15, 0.2) is 0 Å². The Bertz CT molecular complexity index is 1050. The zero-order chi connectivity index (χ0) is 20.9. The molecule has 0 atom stereocenters. The fourth-order valence-electron chi connectivity index (χ4n) is 3.87. The van der Waals surface area contributed by atoms with E-state index in [9.17, 15) is 4.79 Å². The maximum Gasteiger partial charge on any atom is 0.222 e. The van der Waals surface area contributed by atoms with Gasteiger partial charge in [0.2, 0.25) is 5.91 Å². The molecule has 1 aliphatic heterocycles. The lowest BCUT2D eigenvalue weighted by molar-refractivity contribution is -0.127. The smallest absolute Gasteiger partial charge is 0.222 e. The molecular formula is C25H26N2O3. The van der Waals surface area contributed by atoms with Gasteiger partial charge in [0.1, 0.15) is 11.5 Å². The van der Waals surface area contributed by atoms with Crippen molar-refractivity contribution in [1.82, 2.24) is 9.88 Å². The van der Waals surface area contributed by atoms with Crippen LogP contribution in [0.4, 0.5) is 0 Å². The van der Waals surface area contributed by atoms with Gasteiger partial charge in [-0.05, 0) is 42.3 Å². The molecule has 4 rings (SSSR count). The Balaban J connectivity index is 1.71. The summed E-state index contributed by atoms with van der Waals surface area (Å²) in [7, 11) is 3.33. The second-order valence-electron chi connectivity index (χ2n) is 7.39. The molecule has 0 N–H and O–H groups in total. The van der Waals surface area contributed by atoms with E-state index in [1.54, 1.807) is 14.2 Å². The highest BCUT2D eigenvalue weighted by Crippen LogP contribution is 2.30. The summed E-state index contributed by atoms with van der Waals surface area (Å²) in [4.78, 5) is 19.0. The van der Waals surface area contributed by atoms with Crippen LogP contribution in [0.25, 0.3) is 22.4 Å². The lowest BCUT2D eigenvalue weighted by atomic mass is 10.00. The van der Waals surface area contributed by atoms with E-state index in [2.05, 4.69) is 12.1 Å². The zero-order valence-corrected chi connectivity index (χ0v) is 17.4. The molecule has 1 aromatic heterocycles. The van der Waals surface area contributed by atoms with Crippen LogP contribution in [0, 0.1) is 0 Å². The van der Waals surface area contributed by atoms with Crippen LogP contribution < -0.4 is 9.47 Å². The predicted molar refractivity (Wildman–Crippen MR) is 118 cm³/mol. The minimum atomic E-state index is 0.238. The number of rotatable bonds is 7. The Labute approximate surface area is 177 Å². The van der Waals surface area contributed by atoms with Crippen LogP contribution in [0.5, 0.6) is 11.5 Å². The number of amides is 1. The van der Waals surface area contributed by atoms with Gasteiger partial charge in [0, 0.05) is 37.1 Å². The first-order valence-corrected chi connectivity index (χ1v) is 10.2. The third-order valence-electron chi connectivity index (χ3n) is 5.51. The van der Waals surface area contributed by atoms with Crippen molar-refractivity contribution in [3.63, 3.8) is 0 Å². The van der Waals surface area contributed by atoms with Crippen LogP contribution in [0.15, 0.2) is 60.7 Å². The van der Waals surface area contributed by atoms with Gasteiger partial charge in [-0.25, -0.2) is 0 Å². The van der Waals surface area contributed by atoms with Gasteiger partial charge < -0.3 is 14.4 Å². The van der Waals surface area contributed by atoms with Gasteiger partial charge in [-0.3, -0.25) is 9.78 Å². The molecule has 154 valence electrons. The van der Waals surface area contributed by atoms with E-state index in [1.807, 2.05) is 53.4 Å². The largest absolute Gasteiger partial charge is 0.497 e. The number of hydrogen-bond acceptors (Lipinski definition) is 4. The van der Waals surface area contributed by atoms with Gasteiger partial charge in [0.25, 0.3) is 0 Å². The molecule has 2 aromatic carbocycles. The summed E-state index contributed by atoms with van der Waals surface area (Å²) in [5.41, 5.74) is 4.99. The first kappa shape index (κ1) is 20.0. The van der Waals surface area contributed by atoms with Gasteiger partial charge in [-0.15, -0.1) is 0 Å². The zero-order valence-electron chi connectivity index (χ0n) is 17.4. The van der Waals surface area contributed by atoms with Gasteiger partial charge in [-0.1, -0.05) is 30.3 Å². The van der Waals surface area contributed by atoms with Crippen LogP contribution in [0.2, 0.25) is 0 Å². The quantitative estimate of drug-likeness (QED) is 0.580. The van der Waals surface area contributed by atoms with E-state index in [0.717, 1.165) is 52.5 Å². The molecule has 3 aromatic rings. The third-order valence-corrected chi connectivity index (χ3v) is 5.51. The van der Waals surface area contributed by atoms with Crippen molar-refractivity contribution in [2.24, 2.45) is 0 Å². The normalized spacial score (nSPS) is 13.5. The van der Waals surface area contributed by atoms with Crippen LogP contribution in [0.3, 0.4) is 0 Å². The molecule has 5 heteroatoms. The van der Waals surface area contributed by atoms with Gasteiger partial charge in [0.05, 0.1) is 25.6 Å². The molecule has 1 saturated heterocycles. The highest BCUT2D eigenvalue weighted by atomic mass is 16.5. The van der Waals surface area contributed by atoms with E-state index < -0.39 is 0 Å². The van der Waals surface area contributed by atoms with Crippen molar-refractivity contribution in [3.8, 4) is 33.9 Å². The lowest BCUT2D eigenvalue weighted by Crippen LogP contribution is -2.27. The molecule has 30 heavy (non-hydrogen) atoms. The van der Waals surface area contributed by atoms with E-state index in [4.69, 9.17) is 14.5 Å². The van der Waals surface area contributed by atoms with E-state index in [-0.39, 0.29) is 5.91 Å². The monoisotopic (exact) mass is 402 g/mol. The Morgan fingerprint density at radius 3 is 2.30 bits per heavy atom. The second-order valence-corrected chi connectivity index (χ2v) is 7.39. The predicted octanol–water partition coefficient (Wildman–Crippen LogP) is 4.60. The SMILES string of the molecule is COc1cccc(-c2ccc(-c3cccc(OC)c3)c(CCN3CCCC3=O)n2)c1. The number of nitrogens with zero attached hydrogens (tertiary/aromatic N) is 2. The summed E-state index contributed by atoms with van der Waals surface area (Å²) < 4.78 is 10.8. The van der Waals surface area contributed by atoms with Crippen molar-refractivity contribution in [3.05, 3.63) is 66.4 Å². The highest BCUT2D eigenvalue weighted by molar-refractivity contribution is 5.78. The summed E-state index contributed by atoms with van der Waals surface area (Å²) in [6.45, 7) is 1.52. The molecule has 1 aliphatic rings. The van der Waals surface area contributed by atoms with E-state index in [1.165, 1.54) is 0 Å². The Hall–Kier alpha value is -3.34. The van der Waals surface area contributed by atoms with Crippen LogP contribution in [-0.2, 0) is 11.2 Å². The Kier molecular flexibility index (Phi) is 5.98. The molecule has 2 heterocycles. The third kappa shape index (κ3) is 4.30.